The summed E-state index contributed by atoms with van der Waals surface area (Å²) < 4.78 is 0. The summed E-state index contributed by atoms with van der Waals surface area (Å²) in [5.74, 6) is 0.0935. The third kappa shape index (κ3) is 5.26. The van der Waals surface area contributed by atoms with Gasteiger partial charge in [0, 0.05) is 26.1 Å². The number of rotatable bonds is 9. The van der Waals surface area contributed by atoms with Crippen molar-refractivity contribution in [3.8, 4) is 0 Å². The van der Waals surface area contributed by atoms with Crippen LogP contribution in [0.15, 0.2) is 0 Å². The van der Waals surface area contributed by atoms with Gasteiger partial charge in [-0.15, -0.1) is 0 Å². The molecule has 2 aliphatic rings. The zero-order valence-electron chi connectivity index (χ0n) is 18.3. The van der Waals surface area contributed by atoms with Crippen molar-refractivity contribution in [2.24, 2.45) is 5.41 Å². The highest BCUT2D eigenvalue weighted by molar-refractivity contribution is 5.95. The van der Waals surface area contributed by atoms with E-state index in [2.05, 4.69) is 26.1 Å². The van der Waals surface area contributed by atoms with E-state index in [1.165, 1.54) is 0 Å². The topological polar surface area (TPSA) is 69.7 Å². The fourth-order valence-corrected chi connectivity index (χ4v) is 4.75. The van der Waals surface area contributed by atoms with Crippen molar-refractivity contribution in [3.05, 3.63) is 0 Å². The van der Waals surface area contributed by atoms with Gasteiger partial charge in [-0.25, -0.2) is 4.79 Å². The van der Waals surface area contributed by atoms with Crippen molar-refractivity contribution in [1.82, 2.24) is 15.1 Å². The molecule has 0 spiro atoms. The molecule has 0 bridgehead atoms. The second-order valence-corrected chi connectivity index (χ2v) is 8.75. The molecule has 0 aromatic heterocycles. The smallest absolute Gasteiger partial charge is 0.318 e. The Kier molecular flexibility index (Phi) is 8.32. The van der Waals surface area contributed by atoms with Crippen molar-refractivity contribution in [1.29, 1.82) is 0 Å². The van der Waals surface area contributed by atoms with Crippen LogP contribution in [-0.4, -0.2) is 59.2 Å². The Morgan fingerprint density at radius 1 is 0.964 bits per heavy atom. The Morgan fingerprint density at radius 2 is 1.57 bits per heavy atom. The summed E-state index contributed by atoms with van der Waals surface area (Å²) in [4.78, 5) is 41.5. The van der Waals surface area contributed by atoms with Crippen molar-refractivity contribution in [3.63, 3.8) is 0 Å². The molecule has 6 nitrogen and oxygen atoms in total. The third-order valence-corrected chi connectivity index (χ3v) is 6.76. The van der Waals surface area contributed by atoms with Crippen LogP contribution in [0.25, 0.3) is 0 Å². The largest absolute Gasteiger partial charge is 0.338 e. The minimum absolute atomic E-state index is 0.0413. The standard InChI is InChI=1S/C22H39N3O3/c1-5-12-22(4,7-3)13-14-23-21(28)25-16-9-11-18(25)20(27)17-10-8-15-24(17)19(26)6-2/h17-18H,5-16H2,1-4H3,(H,23,28). The van der Waals surface area contributed by atoms with E-state index < -0.39 is 0 Å². The number of amides is 3. The number of nitrogens with one attached hydrogen (secondary N) is 1. The molecule has 2 aliphatic heterocycles. The van der Waals surface area contributed by atoms with E-state index in [0.717, 1.165) is 44.9 Å². The van der Waals surface area contributed by atoms with Crippen LogP contribution in [0.1, 0.15) is 85.5 Å². The Balaban J connectivity index is 1.93. The van der Waals surface area contributed by atoms with E-state index in [9.17, 15) is 14.4 Å². The molecule has 0 radical (unpaired) electrons. The van der Waals surface area contributed by atoms with Crippen molar-refractivity contribution < 1.29 is 14.4 Å². The van der Waals surface area contributed by atoms with Gasteiger partial charge in [0.15, 0.2) is 5.78 Å². The Morgan fingerprint density at radius 3 is 2.14 bits per heavy atom. The first-order chi connectivity index (χ1) is 13.4. The number of ketones is 1. The van der Waals surface area contributed by atoms with Crippen LogP contribution in [0.4, 0.5) is 4.79 Å². The number of carbonyl (C=O) groups excluding carboxylic acids is 3. The maximum Gasteiger partial charge on any atom is 0.318 e. The molecule has 2 heterocycles. The maximum absolute atomic E-state index is 13.1. The van der Waals surface area contributed by atoms with Gasteiger partial charge in [-0.1, -0.05) is 40.5 Å². The predicted octanol–water partition coefficient (Wildman–Crippen LogP) is 3.74. The fraction of sp³-hybridized carbons (Fsp3) is 0.864. The average molecular weight is 394 g/mol. The van der Waals surface area contributed by atoms with Crippen LogP contribution >= 0.6 is 0 Å². The first-order valence-corrected chi connectivity index (χ1v) is 11.2. The molecular formula is C22H39N3O3. The van der Waals surface area contributed by atoms with Gasteiger partial charge in [-0.2, -0.15) is 0 Å². The van der Waals surface area contributed by atoms with Gasteiger partial charge >= 0.3 is 6.03 Å². The van der Waals surface area contributed by atoms with E-state index in [4.69, 9.17) is 0 Å². The fourth-order valence-electron chi connectivity index (χ4n) is 4.75. The van der Waals surface area contributed by atoms with E-state index in [1.54, 1.807) is 9.80 Å². The lowest BCUT2D eigenvalue weighted by atomic mass is 9.80. The van der Waals surface area contributed by atoms with Gasteiger partial charge in [0.05, 0.1) is 12.1 Å². The lowest BCUT2D eigenvalue weighted by Crippen LogP contribution is -2.52. The second-order valence-electron chi connectivity index (χ2n) is 8.75. The van der Waals surface area contributed by atoms with Crippen LogP contribution in [0.3, 0.4) is 0 Å². The molecule has 0 aromatic rings. The molecule has 0 aliphatic carbocycles. The first kappa shape index (κ1) is 22.7. The molecule has 28 heavy (non-hydrogen) atoms. The molecule has 2 fully saturated rings. The number of likely N-dealkylation sites (tertiary alicyclic amines) is 2. The van der Waals surface area contributed by atoms with E-state index in [1.807, 2.05) is 6.92 Å². The molecule has 2 saturated heterocycles. The summed E-state index contributed by atoms with van der Waals surface area (Å²) in [5, 5.41) is 3.05. The van der Waals surface area contributed by atoms with Gasteiger partial charge < -0.3 is 15.1 Å². The summed E-state index contributed by atoms with van der Waals surface area (Å²) in [7, 11) is 0. The Labute approximate surface area is 170 Å². The van der Waals surface area contributed by atoms with Gasteiger partial charge in [0.1, 0.15) is 0 Å². The zero-order chi connectivity index (χ0) is 20.7. The molecule has 6 heteroatoms. The van der Waals surface area contributed by atoms with Crippen molar-refractivity contribution in [2.45, 2.75) is 97.6 Å². The van der Waals surface area contributed by atoms with E-state index in [0.29, 0.717) is 32.5 Å². The minimum atomic E-state index is -0.386. The zero-order valence-corrected chi connectivity index (χ0v) is 18.3. The predicted molar refractivity (Wildman–Crippen MR) is 111 cm³/mol. The van der Waals surface area contributed by atoms with Crippen molar-refractivity contribution >= 4 is 17.7 Å². The molecule has 0 aromatic carbocycles. The SMILES string of the molecule is CCCC(C)(CC)CCNC(=O)N1CCCC1C(=O)C1CCCN1C(=O)CC. The summed E-state index contributed by atoms with van der Waals surface area (Å²) in [6.45, 7) is 10.4. The van der Waals surface area contributed by atoms with Crippen molar-refractivity contribution in [2.75, 3.05) is 19.6 Å². The van der Waals surface area contributed by atoms with Crippen LogP contribution in [0.2, 0.25) is 0 Å². The number of hydrogen-bond donors (Lipinski definition) is 1. The highest BCUT2D eigenvalue weighted by Gasteiger charge is 2.42. The Bertz CT molecular complexity index is 565. The molecule has 3 atom stereocenters. The number of Topliss-reactive ketones (excluding diaryl/α,β-unsaturated/α-hetero) is 1. The lowest BCUT2D eigenvalue weighted by molar-refractivity contribution is -0.138. The highest BCUT2D eigenvalue weighted by Crippen LogP contribution is 2.31. The third-order valence-electron chi connectivity index (χ3n) is 6.76. The molecule has 0 saturated carbocycles. The second kappa shape index (κ2) is 10.3. The minimum Gasteiger partial charge on any atom is -0.338 e. The van der Waals surface area contributed by atoms with Crippen LogP contribution in [-0.2, 0) is 9.59 Å². The average Bonchev–Trinajstić information content (AvgIpc) is 3.36. The van der Waals surface area contributed by atoms with E-state index >= 15 is 0 Å². The summed E-state index contributed by atoms with van der Waals surface area (Å²) in [6, 6.07) is -0.862. The van der Waals surface area contributed by atoms with E-state index in [-0.39, 0.29) is 35.2 Å². The quantitative estimate of drug-likeness (QED) is 0.649. The van der Waals surface area contributed by atoms with Crippen LogP contribution in [0.5, 0.6) is 0 Å². The first-order valence-electron chi connectivity index (χ1n) is 11.2. The number of urea groups is 1. The number of nitrogens with zero attached hydrogens (tertiary/aromatic N) is 2. The maximum atomic E-state index is 13.1. The molecule has 160 valence electrons. The van der Waals surface area contributed by atoms with Gasteiger partial charge in [-0.3, -0.25) is 9.59 Å². The monoisotopic (exact) mass is 393 g/mol. The van der Waals surface area contributed by atoms with Gasteiger partial charge in [-0.05, 0) is 43.9 Å². The van der Waals surface area contributed by atoms with Crippen LogP contribution < -0.4 is 5.32 Å². The Hall–Kier alpha value is -1.59. The molecule has 1 N–H and O–H groups in total. The number of carbonyl (C=O) groups is 3. The molecule has 3 amide bonds. The van der Waals surface area contributed by atoms with Gasteiger partial charge in [0.25, 0.3) is 0 Å². The molecular weight excluding hydrogens is 354 g/mol. The molecule has 2 rings (SSSR count). The summed E-state index contributed by atoms with van der Waals surface area (Å²) in [6.07, 6.45) is 7.94. The highest BCUT2D eigenvalue weighted by atomic mass is 16.2. The molecule has 3 unspecified atom stereocenters. The lowest BCUT2D eigenvalue weighted by Gasteiger charge is -2.31. The number of hydrogen-bond acceptors (Lipinski definition) is 3. The van der Waals surface area contributed by atoms with Gasteiger partial charge in [0.2, 0.25) is 5.91 Å². The summed E-state index contributed by atoms with van der Waals surface area (Å²) >= 11 is 0. The summed E-state index contributed by atoms with van der Waals surface area (Å²) in [5.41, 5.74) is 0.257. The normalized spacial score (nSPS) is 24.3. The van der Waals surface area contributed by atoms with Crippen LogP contribution in [0, 0.1) is 5.41 Å².